The summed E-state index contributed by atoms with van der Waals surface area (Å²) in [4.78, 5) is 9.51. The van der Waals surface area contributed by atoms with Crippen molar-refractivity contribution in [2.24, 2.45) is 5.73 Å². The molecule has 0 rings (SSSR count). The minimum absolute atomic E-state index is 0.0648. The zero-order chi connectivity index (χ0) is 9.82. The van der Waals surface area contributed by atoms with Gasteiger partial charge in [0.15, 0.2) is 6.29 Å². The van der Waals surface area contributed by atoms with Crippen LogP contribution in [-0.2, 0) is 14.3 Å². The van der Waals surface area contributed by atoms with E-state index in [1.54, 1.807) is 14.2 Å². The van der Waals surface area contributed by atoms with E-state index in [1.807, 2.05) is 6.92 Å². The van der Waals surface area contributed by atoms with Crippen molar-refractivity contribution >= 4 is 6.29 Å². The summed E-state index contributed by atoms with van der Waals surface area (Å²) < 4.78 is 9.35. The Hall–Kier alpha value is -0.450. The number of rotatable bonds is 5. The molecule has 0 amide bonds. The molecule has 0 spiro atoms. The van der Waals surface area contributed by atoms with Crippen molar-refractivity contribution in [2.75, 3.05) is 20.8 Å². The van der Waals surface area contributed by atoms with Gasteiger partial charge in [-0.25, -0.2) is 0 Å². The van der Waals surface area contributed by atoms with Gasteiger partial charge in [-0.15, -0.1) is 0 Å². The molecule has 2 N–H and O–H groups in total. The third kappa shape index (κ3) is 16.3. The molecule has 0 aromatic carbocycles. The number of aldehydes is 1. The average Bonchev–Trinajstić information content (AvgIpc) is 2.14. The third-order valence-electron chi connectivity index (χ3n) is 1.19. The molecule has 0 atom stereocenters. The minimum atomic E-state index is -0.0648. The third-order valence-corrected chi connectivity index (χ3v) is 1.19. The van der Waals surface area contributed by atoms with Crippen molar-refractivity contribution in [3.8, 4) is 0 Å². The lowest BCUT2D eigenvalue weighted by atomic mass is 10.3. The summed E-state index contributed by atoms with van der Waals surface area (Å²) in [5.41, 5.74) is 5.06. The first-order valence-corrected chi connectivity index (χ1v) is 3.92. The zero-order valence-electron chi connectivity index (χ0n) is 8.08. The van der Waals surface area contributed by atoms with Crippen molar-refractivity contribution in [3.05, 3.63) is 0 Å². The Bertz CT molecular complexity index is 84.4. The Kier molecular flexibility index (Phi) is 15.5. The first kappa shape index (κ1) is 14.1. The summed E-state index contributed by atoms with van der Waals surface area (Å²) in [6.45, 7) is 2.46. The Balaban J connectivity index is 0. The summed E-state index contributed by atoms with van der Waals surface area (Å²) >= 11 is 0. The van der Waals surface area contributed by atoms with Crippen LogP contribution in [0.4, 0.5) is 0 Å². The second-order valence-electron chi connectivity index (χ2n) is 2.14. The smallest absolute Gasteiger partial charge is 0.154 e. The van der Waals surface area contributed by atoms with Crippen LogP contribution in [0.25, 0.3) is 0 Å². The van der Waals surface area contributed by atoms with Gasteiger partial charge >= 0.3 is 0 Å². The lowest BCUT2D eigenvalue weighted by molar-refractivity contribution is -0.107. The van der Waals surface area contributed by atoms with Gasteiger partial charge in [-0.2, -0.15) is 0 Å². The summed E-state index contributed by atoms with van der Waals surface area (Å²) in [5.74, 6) is 0. The van der Waals surface area contributed by atoms with Crippen LogP contribution in [0.5, 0.6) is 0 Å². The minimum Gasteiger partial charge on any atom is -0.356 e. The number of carbonyl (C=O) groups is 1. The first-order valence-electron chi connectivity index (χ1n) is 3.92. The van der Waals surface area contributed by atoms with Crippen LogP contribution >= 0.6 is 0 Å². The number of nitrogens with two attached hydrogens (primary N) is 1. The number of hydrogen-bond donors (Lipinski definition) is 1. The highest BCUT2D eigenvalue weighted by atomic mass is 16.7. The molecular formula is C8H19NO3. The highest BCUT2D eigenvalue weighted by molar-refractivity contribution is 5.48. The normalized spacial score (nSPS) is 9.08. The number of methoxy groups -OCH3 is 2. The average molecular weight is 177 g/mol. The van der Waals surface area contributed by atoms with Crippen LogP contribution in [0, 0.1) is 0 Å². The molecule has 4 heteroatoms. The number of hydrogen-bond acceptors (Lipinski definition) is 4. The van der Waals surface area contributed by atoms with E-state index >= 15 is 0 Å². The van der Waals surface area contributed by atoms with E-state index in [2.05, 4.69) is 9.47 Å². The lowest BCUT2D eigenvalue weighted by Gasteiger charge is -2.03. The molecule has 0 bridgehead atoms. The summed E-state index contributed by atoms with van der Waals surface area (Å²) in [6.07, 6.45) is 2.25. The molecule has 12 heavy (non-hydrogen) atoms. The predicted molar refractivity (Wildman–Crippen MR) is 47.8 cm³/mol. The molecule has 0 saturated heterocycles. The quantitative estimate of drug-likeness (QED) is 0.378. The number of ether oxygens (including phenoxy) is 2. The second-order valence-corrected chi connectivity index (χ2v) is 2.14. The Labute approximate surface area is 74.0 Å². The van der Waals surface area contributed by atoms with Gasteiger partial charge in [0.05, 0.1) is 0 Å². The van der Waals surface area contributed by atoms with E-state index in [-0.39, 0.29) is 6.29 Å². The van der Waals surface area contributed by atoms with Crippen LogP contribution in [0.1, 0.15) is 19.8 Å². The molecule has 0 aromatic rings. The van der Waals surface area contributed by atoms with Crippen molar-refractivity contribution < 1.29 is 14.3 Å². The van der Waals surface area contributed by atoms with Crippen LogP contribution in [0.15, 0.2) is 0 Å². The molecule has 0 aliphatic heterocycles. The molecule has 0 saturated carbocycles. The van der Waals surface area contributed by atoms with Crippen molar-refractivity contribution in [3.63, 3.8) is 0 Å². The van der Waals surface area contributed by atoms with Crippen LogP contribution in [0.2, 0.25) is 0 Å². The van der Waals surface area contributed by atoms with E-state index in [1.165, 1.54) is 0 Å². The Morgan fingerprint density at radius 1 is 1.42 bits per heavy atom. The van der Waals surface area contributed by atoms with E-state index < -0.39 is 0 Å². The fourth-order valence-electron chi connectivity index (χ4n) is 0.297. The van der Waals surface area contributed by atoms with Gasteiger partial charge in [0.25, 0.3) is 0 Å². The van der Waals surface area contributed by atoms with Crippen molar-refractivity contribution in [1.29, 1.82) is 0 Å². The van der Waals surface area contributed by atoms with Gasteiger partial charge in [0.2, 0.25) is 0 Å². The van der Waals surface area contributed by atoms with Gasteiger partial charge in [0, 0.05) is 20.6 Å². The van der Waals surface area contributed by atoms with Crippen molar-refractivity contribution in [1.82, 2.24) is 0 Å². The topological polar surface area (TPSA) is 61.6 Å². The van der Waals surface area contributed by atoms with Gasteiger partial charge in [-0.3, -0.25) is 0 Å². The first-order chi connectivity index (χ1) is 5.72. The van der Waals surface area contributed by atoms with Crippen LogP contribution < -0.4 is 5.73 Å². The zero-order valence-corrected chi connectivity index (χ0v) is 8.08. The highest BCUT2D eigenvalue weighted by Crippen LogP contribution is 1.83. The van der Waals surface area contributed by atoms with Gasteiger partial charge in [0.1, 0.15) is 6.29 Å². The maximum atomic E-state index is 9.51. The van der Waals surface area contributed by atoms with Crippen LogP contribution in [0.3, 0.4) is 0 Å². The molecule has 4 nitrogen and oxygen atoms in total. The summed E-state index contributed by atoms with van der Waals surface area (Å²) in [5, 5.41) is 0. The summed E-state index contributed by atoms with van der Waals surface area (Å²) in [7, 11) is 3.21. The maximum absolute atomic E-state index is 9.51. The molecule has 0 radical (unpaired) electrons. The van der Waals surface area contributed by atoms with Crippen molar-refractivity contribution in [2.45, 2.75) is 26.1 Å². The molecular weight excluding hydrogens is 158 g/mol. The molecule has 0 heterocycles. The van der Waals surface area contributed by atoms with Gasteiger partial charge in [-0.1, -0.05) is 0 Å². The van der Waals surface area contributed by atoms with E-state index in [0.29, 0.717) is 13.0 Å². The monoisotopic (exact) mass is 177 g/mol. The number of carbonyl (C=O) groups excluding carboxylic acids is 1. The van der Waals surface area contributed by atoms with E-state index in [9.17, 15) is 4.79 Å². The fraction of sp³-hybridized carbons (Fsp3) is 0.875. The SMILES string of the molecule is COC(C)OC.NCCCC=O. The van der Waals surface area contributed by atoms with Gasteiger partial charge < -0.3 is 20.0 Å². The molecule has 0 unspecified atom stereocenters. The lowest BCUT2D eigenvalue weighted by Crippen LogP contribution is -2.05. The summed E-state index contributed by atoms with van der Waals surface area (Å²) in [6, 6.07) is 0. The predicted octanol–water partition coefficient (Wildman–Crippen LogP) is 0.549. The molecule has 0 fully saturated rings. The van der Waals surface area contributed by atoms with Crippen LogP contribution in [-0.4, -0.2) is 33.3 Å². The Morgan fingerprint density at radius 2 is 1.92 bits per heavy atom. The molecule has 74 valence electrons. The largest absolute Gasteiger partial charge is 0.356 e. The standard InChI is InChI=1S/C4H9NO.C4H10O2/c5-3-1-2-4-6;1-4(5-2)6-3/h4H,1-3,5H2;4H,1-3H3. The second kappa shape index (κ2) is 13.2. The molecule has 0 aliphatic carbocycles. The van der Waals surface area contributed by atoms with Gasteiger partial charge in [-0.05, 0) is 19.9 Å². The number of unbranched alkanes of at least 4 members (excludes halogenated alkanes) is 1. The molecule has 0 aromatic heterocycles. The molecule has 0 aliphatic rings. The Morgan fingerprint density at radius 3 is 2.00 bits per heavy atom. The van der Waals surface area contributed by atoms with E-state index in [4.69, 9.17) is 5.73 Å². The maximum Gasteiger partial charge on any atom is 0.154 e. The van der Waals surface area contributed by atoms with E-state index in [0.717, 1.165) is 12.7 Å². The highest BCUT2D eigenvalue weighted by Gasteiger charge is 1.87. The fourth-order valence-corrected chi connectivity index (χ4v) is 0.297.